The third kappa shape index (κ3) is 2.83. The number of carbonyl (C=O) groups excluding carboxylic acids is 1. The number of hydrazine groups is 1. The van der Waals surface area contributed by atoms with E-state index in [0.29, 0.717) is 6.61 Å². The van der Waals surface area contributed by atoms with Gasteiger partial charge in [-0.25, -0.2) is 5.84 Å². The minimum atomic E-state index is -0.308. The first-order valence-electron chi connectivity index (χ1n) is 3.51. The molecule has 5 heteroatoms. The molecule has 1 heterocycles. The lowest BCUT2D eigenvalue weighted by Crippen LogP contribution is -2.34. The molecular weight excluding hydrogens is 148 g/mol. The summed E-state index contributed by atoms with van der Waals surface area (Å²) in [6.07, 6.45) is 0.921. The Morgan fingerprint density at radius 3 is 3.18 bits per heavy atom. The molecule has 1 rings (SSSR count). The average molecular weight is 160 g/mol. The Morgan fingerprint density at radius 2 is 2.64 bits per heavy atom. The highest BCUT2D eigenvalue weighted by Crippen LogP contribution is 2.07. The summed E-state index contributed by atoms with van der Waals surface area (Å²) in [5.41, 5.74) is 1.98. The number of hydrogen-bond donors (Lipinski definition) is 2. The highest BCUT2D eigenvalue weighted by molar-refractivity contribution is 5.76. The molecule has 0 aromatic rings. The first kappa shape index (κ1) is 8.45. The van der Waals surface area contributed by atoms with Crippen LogP contribution in [0.2, 0.25) is 0 Å². The molecule has 0 aromatic carbocycles. The van der Waals surface area contributed by atoms with Gasteiger partial charge in [-0.1, -0.05) is 0 Å². The first-order valence-corrected chi connectivity index (χ1v) is 3.51. The first-order chi connectivity index (χ1) is 5.33. The molecule has 1 atom stereocenters. The van der Waals surface area contributed by atoms with Crippen molar-refractivity contribution >= 4 is 5.91 Å². The maximum Gasteiger partial charge on any atom is 0.259 e. The van der Waals surface area contributed by atoms with Crippen LogP contribution in [0.25, 0.3) is 0 Å². The summed E-state index contributed by atoms with van der Waals surface area (Å²) in [4.78, 5) is 10.6. The van der Waals surface area contributed by atoms with E-state index in [1.165, 1.54) is 0 Å². The third-order valence-corrected chi connectivity index (χ3v) is 1.50. The van der Waals surface area contributed by atoms with Gasteiger partial charge in [0.05, 0.1) is 12.7 Å². The van der Waals surface area contributed by atoms with Gasteiger partial charge in [-0.3, -0.25) is 10.2 Å². The van der Waals surface area contributed by atoms with Crippen molar-refractivity contribution in [2.45, 2.75) is 12.5 Å². The molecule has 0 bridgehead atoms. The molecule has 5 nitrogen and oxygen atoms in total. The number of rotatable bonds is 3. The van der Waals surface area contributed by atoms with Crippen molar-refractivity contribution in [3.05, 3.63) is 0 Å². The minimum Gasteiger partial charge on any atom is -0.379 e. The summed E-state index contributed by atoms with van der Waals surface area (Å²) in [6.45, 7) is 1.32. The van der Waals surface area contributed by atoms with Crippen LogP contribution in [0.1, 0.15) is 6.42 Å². The van der Waals surface area contributed by atoms with Gasteiger partial charge in [0.2, 0.25) is 0 Å². The zero-order valence-electron chi connectivity index (χ0n) is 6.21. The number of ether oxygens (including phenoxy) is 2. The van der Waals surface area contributed by atoms with Gasteiger partial charge in [0, 0.05) is 6.61 Å². The molecule has 11 heavy (non-hydrogen) atoms. The maximum atomic E-state index is 10.6. The van der Waals surface area contributed by atoms with E-state index in [0.717, 1.165) is 13.0 Å². The second kappa shape index (κ2) is 4.27. The molecule has 0 unspecified atom stereocenters. The van der Waals surface area contributed by atoms with E-state index in [9.17, 15) is 4.79 Å². The van der Waals surface area contributed by atoms with Gasteiger partial charge in [0.1, 0.15) is 6.61 Å². The summed E-state index contributed by atoms with van der Waals surface area (Å²) in [5, 5.41) is 0. The molecule has 0 aliphatic carbocycles. The number of nitrogens with one attached hydrogen (secondary N) is 1. The van der Waals surface area contributed by atoms with Crippen LogP contribution in [-0.2, 0) is 14.3 Å². The van der Waals surface area contributed by atoms with E-state index in [2.05, 4.69) is 0 Å². The zero-order valence-corrected chi connectivity index (χ0v) is 6.21. The van der Waals surface area contributed by atoms with E-state index in [1.807, 2.05) is 5.43 Å². The standard InChI is InChI=1S/C6H12N2O3/c7-8-6(9)4-11-5-1-2-10-3-5/h5H,1-4,7H2,(H,8,9)/t5-/m0/s1. The number of amides is 1. The molecule has 0 saturated carbocycles. The van der Waals surface area contributed by atoms with E-state index in [-0.39, 0.29) is 18.6 Å². The monoisotopic (exact) mass is 160 g/mol. The Labute approximate surface area is 64.8 Å². The quantitative estimate of drug-likeness (QED) is 0.308. The fourth-order valence-electron chi connectivity index (χ4n) is 0.880. The maximum absolute atomic E-state index is 10.6. The molecule has 3 N–H and O–H groups in total. The molecule has 1 aliphatic rings. The fraction of sp³-hybridized carbons (Fsp3) is 0.833. The summed E-state index contributed by atoms with van der Waals surface area (Å²) >= 11 is 0. The van der Waals surface area contributed by atoms with Crippen LogP contribution in [0.5, 0.6) is 0 Å². The second-order valence-corrected chi connectivity index (χ2v) is 2.36. The average Bonchev–Trinajstić information content (AvgIpc) is 2.52. The molecule has 1 saturated heterocycles. The van der Waals surface area contributed by atoms with Crippen molar-refractivity contribution in [1.29, 1.82) is 0 Å². The molecule has 1 aliphatic heterocycles. The van der Waals surface area contributed by atoms with Gasteiger partial charge in [0.15, 0.2) is 0 Å². The van der Waals surface area contributed by atoms with E-state index < -0.39 is 0 Å². The third-order valence-electron chi connectivity index (χ3n) is 1.50. The van der Waals surface area contributed by atoms with Crippen molar-refractivity contribution < 1.29 is 14.3 Å². The highest BCUT2D eigenvalue weighted by atomic mass is 16.5. The summed E-state index contributed by atoms with van der Waals surface area (Å²) in [7, 11) is 0. The number of hydrogen-bond acceptors (Lipinski definition) is 4. The summed E-state index contributed by atoms with van der Waals surface area (Å²) < 4.78 is 10.2. The van der Waals surface area contributed by atoms with E-state index in [4.69, 9.17) is 15.3 Å². The van der Waals surface area contributed by atoms with Crippen molar-refractivity contribution in [3.63, 3.8) is 0 Å². The van der Waals surface area contributed by atoms with Crippen LogP contribution < -0.4 is 11.3 Å². The van der Waals surface area contributed by atoms with Gasteiger partial charge in [-0.05, 0) is 6.42 Å². The van der Waals surface area contributed by atoms with Crippen molar-refractivity contribution in [3.8, 4) is 0 Å². The Balaban J connectivity index is 2.06. The predicted octanol–water partition coefficient (Wildman–Crippen LogP) is -1.22. The van der Waals surface area contributed by atoms with Crippen LogP contribution in [0.4, 0.5) is 0 Å². The predicted molar refractivity (Wildman–Crippen MR) is 37.5 cm³/mol. The molecule has 1 fully saturated rings. The van der Waals surface area contributed by atoms with Gasteiger partial charge >= 0.3 is 0 Å². The number of nitrogens with two attached hydrogens (primary N) is 1. The SMILES string of the molecule is NNC(=O)CO[C@H]1CCOC1. The van der Waals surface area contributed by atoms with Gasteiger partial charge in [0.25, 0.3) is 5.91 Å². The normalized spacial score (nSPS) is 23.5. The van der Waals surface area contributed by atoms with E-state index in [1.54, 1.807) is 0 Å². The van der Waals surface area contributed by atoms with Gasteiger partial charge in [-0.2, -0.15) is 0 Å². The fourth-order valence-corrected chi connectivity index (χ4v) is 0.880. The Morgan fingerprint density at radius 1 is 1.82 bits per heavy atom. The molecule has 0 radical (unpaired) electrons. The van der Waals surface area contributed by atoms with Crippen molar-refractivity contribution in [2.75, 3.05) is 19.8 Å². The smallest absolute Gasteiger partial charge is 0.259 e. The molecule has 0 aromatic heterocycles. The van der Waals surface area contributed by atoms with Crippen LogP contribution in [-0.4, -0.2) is 31.8 Å². The number of carbonyl (C=O) groups is 1. The summed E-state index contributed by atoms with van der Waals surface area (Å²) in [6, 6.07) is 0. The van der Waals surface area contributed by atoms with Crippen molar-refractivity contribution in [1.82, 2.24) is 5.43 Å². The van der Waals surface area contributed by atoms with Crippen LogP contribution >= 0.6 is 0 Å². The topological polar surface area (TPSA) is 73.6 Å². The summed E-state index contributed by atoms with van der Waals surface area (Å²) in [5.74, 6) is 4.54. The lowest BCUT2D eigenvalue weighted by atomic mass is 10.3. The lowest BCUT2D eigenvalue weighted by Gasteiger charge is -2.07. The van der Waals surface area contributed by atoms with Gasteiger partial charge in [-0.15, -0.1) is 0 Å². The second-order valence-electron chi connectivity index (χ2n) is 2.36. The van der Waals surface area contributed by atoms with Crippen LogP contribution in [0.15, 0.2) is 0 Å². The Bertz CT molecular complexity index is 134. The minimum absolute atomic E-state index is 0.0184. The largest absolute Gasteiger partial charge is 0.379 e. The lowest BCUT2D eigenvalue weighted by molar-refractivity contribution is -0.127. The zero-order chi connectivity index (χ0) is 8.10. The molecule has 0 spiro atoms. The van der Waals surface area contributed by atoms with Crippen LogP contribution in [0, 0.1) is 0 Å². The molecule has 64 valence electrons. The van der Waals surface area contributed by atoms with E-state index >= 15 is 0 Å². The van der Waals surface area contributed by atoms with Crippen LogP contribution in [0.3, 0.4) is 0 Å². The van der Waals surface area contributed by atoms with Crippen molar-refractivity contribution in [2.24, 2.45) is 5.84 Å². The highest BCUT2D eigenvalue weighted by Gasteiger charge is 2.16. The van der Waals surface area contributed by atoms with Gasteiger partial charge < -0.3 is 9.47 Å². The molecule has 1 amide bonds. The Hall–Kier alpha value is -0.650. The Kier molecular flexibility index (Phi) is 3.28. The molecular formula is C6H12N2O3.